The van der Waals surface area contributed by atoms with E-state index in [1.54, 1.807) is 0 Å². The molecule has 3 rings (SSSR count). The first kappa shape index (κ1) is 9.71. The zero-order valence-corrected chi connectivity index (χ0v) is 8.47. The van der Waals surface area contributed by atoms with E-state index in [2.05, 4.69) is 58.3 Å². The molecule has 0 amide bonds. The molecular formula is C13H13NO. The first-order valence-electron chi connectivity index (χ1n) is 5.00. The Labute approximate surface area is 89.2 Å². The molecule has 15 heavy (non-hydrogen) atoms. The second kappa shape index (κ2) is 5.15. The third-order valence-electron chi connectivity index (χ3n) is 2.15. The average molecular weight is 199 g/mol. The molecule has 2 aromatic carbocycles. The van der Waals surface area contributed by atoms with Gasteiger partial charge in [-0.2, -0.15) is 0 Å². The summed E-state index contributed by atoms with van der Waals surface area (Å²) < 4.78 is 4.65. The van der Waals surface area contributed by atoms with E-state index >= 15 is 0 Å². The van der Waals surface area contributed by atoms with Gasteiger partial charge in [-0.05, 0) is 10.8 Å². The fourth-order valence-corrected chi connectivity index (χ4v) is 1.40. The van der Waals surface area contributed by atoms with Crippen molar-refractivity contribution in [2.45, 2.75) is 0 Å². The number of benzene rings is 2. The summed E-state index contributed by atoms with van der Waals surface area (Å²) >= 11 is 0. The normalized spacial score (nSPS) is 13.1. The van der Waals surface area contributed by atoms with Gasteiger partial charge in [-0.15, -0.1) is 0 Å². The SMILES string of the molecule is C1=NCCO1.c1ccc2ccccc2c1. The molecule has 0 fully saturated rings. The standard InChI is InChI=1S/C10H8.C3H5NO/c1-2-6-10-8-4-3-7-9(10)5-1;1-2-5-3-4-1/h1-8H;3H,1-2H2. The molecule has 2 aromatic rings. The molecule has 76 valence electrons. The van der Waals surface area contributed by atoms with Gasteiger partial charge < -0.3 is 4.74 Å². The predicted molar refractivity (Wildman–Crippen MR) is 63.3 cm³/mol. The van der Waals surface area contributed by atoms with Crippen molar-refractivity contribution in [1.29, 1.82) is 0 Å². The number of hydrogen-bond donors (Lipinski definition) is 0. The highest BCUT2D eigenvalue weighted by Crippen LogP contribution is 2.11. The third kappa shape index (κ3) is 2.81. The van der Waals surface area contributed by atoms with Crippen LogP contribution in [0.5, 0.6) is 0 Å². The second-order valence-electron chi connectivity index (χ2n) is 3.23. The van der Waals surface area contributed by atoms with E-state index in [1.807, 2.05) is 0 Å². The number of ether oxygens (including phenoxy) is 1. The fraction of sp³-hybridized carbons (Fsp3) is 0.154. The van der Waals surface area contributed by atoms with Crippen molar-refractivity contribution >= 4 is 17.2 Å². The number of fused-ring (bicyclic) bond motifs is 1. The molecule has 0 aromatic heterocycles. The molecule has 0 saturated heterocycles. The van der Waals surface area contributed by atoms with Crippen molar-refractivity contribution < 1.29 is 4.74 Å². The van der Waals surface area contributed by atoms with Crippen LogP contribution in [0.15, 0.2) is 53.5 Å². The Balaban J connectivity index is 0.000000144. The zero-order valence-electron chi connectivity index (χ0n) is 8.47. The van der Waals surface area contributed by atoms with Crippen molar-refractivity contribution in [3.63, 3.8) is 0 Å². The summed E-state index contributed by atoms with van der Waals surface area (Å²) in [7, 11) is 0. The van der Waals surface area contributed by atoms with Crippen molar-refractivity contribution in [3.05, 3.63) is 48.5 Å². The maximum Gasteiger partial charge on any atom is 0.169 e. The second-order valence-corrected chi connectivity index (χ2v) is 3.23. The molecule has 2 nitrogen and oxygen atoms in total. The smallest absolute Gasteiger partial charge is 0.169 e. The van der Waals surface area contributed by atoms with E-state index in [0.717, 1.165) is 13.2 Å². The Morgan fingerprint density at radius 1 is 0.867 bits per heavy atom. The average Bonchev–Trinajstić information content (AvgIpc) is 2.88. The first-order chi connectivity index (χ1) is 7.47. The molecule has 0 unspecified atom stereocenters. The van der Waals surface area contributed by atoms with Crippen LogP contribution in [-0.2, 0) is 4.74 Å². The highest BCUT2D eigenvalue weighted by Gasteiger charge is 1.85. The minimum absolute atomic E-state index is 0.778. The summed E-state index contributed by atoms with van der Waals surface area (Å²) in [5, 5.41) is 2.62. The largest absolute Gasteiger partial charge is 0.482 e. The molecule has 2 heteroatoms. The molecule has 1 aliphatic rings. The predicted octanol–water partition coefficient (Wildman–Crippen LogP) is 2.88. The third-order valence-corrected chi connectivity index (χ3v) is 2.15. The maximum absolute atomic E-state index is 4.65. The number of hydrogen-bond acceptors (Lipinski definition) is 2. The van der Waals surface area contributed by atoms with E-state index in [0.29, 0.717) is 0 Å². The Kier molecular flexibility index (Phi) is 3.34. The van der Waals surface area contributed by atoms with Crippen LogP contribution in [0.3, 0.4) is 0 Å². The van der Waals surface area contributed by atoms with E-state index in [9.17, 15) is 0 Å². The highest BCUT2D eigenvalue weighted by atomic mass is 16.5. The summed E-state index contributed by atoms with van der Waals surface area (Å²) in [6.45, 7) is 1.62. The van der Waals surface area contributed by atoms with Gasteiger partial charge in [0.25, 0.3) is 0 Å². The maximum atomic E-state index is 4.65. The van der Waals surface area contributed by atoms with Crippen LogP contribution in [0.2, 0.25) is 0 Å². The molecule has 0 bridgehead atoms. The lowest BCUT2D eigenvalue weighted by atomic mass is 10.1. The molecule has 1 aliphatic heterocycles. The van der Waals surface area contributed by atoms with E-state index in [4.69, 9.17) is 0 Å². The fourth-order valence-electron chi connectivity index (χ4n) is 1.40. The van der Waals surface area contributed by atoms with Crippen molar-refractivity contribution in [2.75, 3.05) is 13.2 Å². The van der Waals surface area contributed by atoms with Gasteiger partial charge in [0, 0.05) is 0 Å². The van der Waals surface area contributed by atoms with E-state index < -0.39 is 0 Å². The van der Waals surface area contributed by atoms with Crippen LogP contribution < -0.4 is 0 Å². The van der Waals surface area contributed by atoms with Gasteiger partial charge in [-0.3, -0.25) is 4.99 Å². The van der Waals surface area contributed by atoms with Crippen LogP contribution in [0, 0.1) is 0 Å². The number of rotatable bonds is 0. The van der Waals surface area contributed by atoms with Gasteiger partial charge in [0.15, 0.2) is 6.40 Å². The summed E-state index contributed by atoms with van der Waals surface area (Å²) in [6.07, 6.45) is 1.49. The molecule has 0 atom stereocenters. The molecule has 1 heterocycles. The lowest BCUT2D eigenvalue weighted by molar-refractivity contribution is 0.361. The van der Waals surface area contributed by atoms with Gasteiger partial charge in [-0.1, -0.05) is 48.5 Å². The van der Waals surface area contributed by atoms with Crippen molar-refractivity contribution in [1.82, 2.24) is 0 Å². The van der Waals surface area contributed by atoms with Crippen molar-refractivity contribution in [2.24, 2.45) is 4.99 Å². The summed E-state index contributed by atoms with van der Waals surface area (Å²) in [5.41, 5.74) is 0. The summed E-state index contributed by atoms with van der Waals surface area (Å²) in [4.78, 5) is 3.74. The molecule has 0 radical (unpaired) electrons. The van der Waals surface area contributed by atoms with Gasteiger partial charge >= 0.3 is 0 Å². The molecule has 0 spiro atoms. The minimum atomic E-state index is 0.778. The van der Waals surface area contributed by atoms with Crippen molar-refractivity contribution in [3.8, 4) is 0 Å². The summed E-state index contributed by atoms with van der Waals surface area (Å²) in [5.74, 6) is 0. The number of aliphatic imine (C=N–C) groups is 1. The van der Waals surface area contributed by atoms with Crippen LogP contribution >= 0.6 is 0 Å². The number of nitrogens with zero attached hydrogens (tertiary/aromatic N) is 1. The van der Waals surface area contributed by atoms with Gasteiger partial charge in [0.1, 0.15) is 6.61 Å². The lowest BCUT2D eigenvalue weighted by Gasteiger charge is -1.92. The monoisotopic (exact) mass is 199 g/mol. The molecule has 0 N–H and O–H groups in total. The topological polar surface area (TPSA) is 21.6 Å². The Morgan fingerprint density at radius 2 is 1.40 bits per heavy atom. The van der Waals surface area contributed by atoms with Gasteiger partial charge in [0.05, 0.1) is 6.54 Å². The minimum Gasteiger partial charge on any atom is -0.482 e. The van der Waals surface area contributed by atoms with Gasteiger partial charge in [0.2, 0.25) is 0 Å². The van der Waals surface area contributed by atoms with Crippen LogP contribution in [0.4, 0.5) is 0 Å². The Bertz CT molecular complexity index is 379. The van der Waals surface area contributed by atoms with Crippen LogP contribution in [-0.4, -0.2) is 19.6 Å². The van der Waals surface area contributed by atoms with Gasteiger partial charge in [-0.25, -0.2) is 0 Å². The Morgan fingerprint density at radius 3 is 1.67 bits per heavy atom. The Hall–Kier alpha value is -1.83. The van der Waals surface area contributed by atoms with E-state index in [1.165, 1.54) is 17.2 Å². The molecule has 0 aliphatic carbocycles. The zero-order chi connectivity index (χ0) is 10.3. The quantitative estimate of drug-likeness (QED) is 0.639. The summed E-state index contributed by atoms with van der Waals surface area (Å²) in [6, 6.07) is 16.7. The first-order valence-corrected chi connectivity index (χ1v) is 5.00. The molecule has 0 saturated carbocycles. The molecular weight excluding hydrogens is 186 g/mol. The van der Waals surface area contributed by atoms with Crippen LogP contribution in [0.1, 0.15) is 0 Å². The van der Waals surface area contributed by atoms with E-state index in [-0.39, 0.29) is 0 Å². The van der Waals surface area contributed by atoms with Crippen LogP contribution in [0.25, 0.3) is 10.8 Å². The highest BCUT2D eigenvalue weighted by molar-refractivity contribution is 5.81. The lowest BCUT2D eigenvalue weighted by Crippen LogP contribution is -1.80.